The normalized spacial score (nSPS) is 16.5. The van der Waals surface area contributed by atoms with Crippen molar-refractivity contribution in [3.8, 4) is 10.8 Å². The molecule has 2 aromatic heterocycles. The second-order valence-corrected chi connectivity index (χ2v) is 7.20. The van der Waals surface area contributed by atoms with Crippen LogP contribution < -0.4 is 4.90 Å². The van der Waals surface area contributed by atoms with E-state index in [-0.39, 0.29) is 11.9 Å². The number of rotatable bonds is 2. The zero-order valence-electron chi connectivity index (χ0n) is 13.9. The second-order valence-electron chi connectivity index (χ2n) is 6.20. The van der Waals surface area contributed by atoms with Gasteiger partial charge in [-0.25, -0.2) is 4.98 Å². The minimum absolute atomic E-state index is 0.0250. The summed E-state index contributed by atoms with van der Waals surface area (Å²) in [5.74, 6) is 1.58. The average molecular weight is 338 g/mol. The summed E-state index contributed by atoms with van der Waals surface area (Å²) in [5, 5.41) is 0.754. The molecule has 3 aromatic rings. The van der Waals surface area contributed by atoms with E-state index in [2.05, 4.69) is 18.0 Å². The molecule has 4 nitrogen and oxygen atoms in total. The highest BCUT2D eigenvalue weighted by Crippen LogP contribution is 2.36. The van der Waals surface area contributed by atoms with Gasteiger partial charge in [0.1, 0.15) is 10.6 Å². The van der Waals surface area contributed by atoms with Gasteiger partial charge < -0.3 is 9.32 Å². The number of amides is 1. The maximum absolute atomic E-state index is 13.2. The zero-order chi connectivity index (χ0) is 16.8. The molecule has 0 N–H and O–H groups in total. The molecule has 0 aliphatic carbocycles. The molecule has 0 bridgehead atoms. The molecular weight excluding hydrogens is 320 g/mol. The van der Waals surface area contributed by atoms with Gasteiger partial charge in [0.05, 0.1) is 5.69 Å². The Labute approximate surface area is 144 Å². The SMILES string of the molecule is Cc1ccc(-c2nc(C)c(C(=O)N3c4ccccc4CC3C)s2)o1. The Balaban J connectivity index is 1.72. The van der Waals surface area contributed by atoms with Crippen molar-refractivity contribution in [3.63, 3.8) is 0 Å². The van der Waals surface area contributed by atoms with Crippen molar-refractivity contribution in [3.05, 3.63) is 58.3 Å². The number of carbonyl (C=O) groups is 1. The van der Waals surface area contributed by atoms with Crippen molar-refractivity contribution >= 4 is 22.9 Å². The Morgan fingerprint density at radius 1 is 1.25 bits per heavy atom. The number of fused-ring (bicyclic) bond motifs is 1. The predicted octanol–water partition coefficient (Wildman–Crippen LogP) is 4.61. The lowest BCUT2D eigenvalue weighted by Crippen LogP contribution is -2.35. The lowest BCUT2D eigenvalue weighted by molar-refractivity contribution is 0.0984. The maximum Gasteiger partial charge on any atom is 0.270 e. The van der Waals surface area contributed by atoms with E-state index in [9.17, 15) is 4.79 Å². The first-order valence-corrected chi connectivity index (χ1v) is 8.82. The molecule has 0 saturated heterocycles. The van der Waals surface area contributed by atoms with E-state index >= 15 is 0 Å². The first kappa shape index (κ1) is 15.1. The van der Waals surface area contributed by atoms with Crippen molar-refractivity contribution < 1.29 is 9.21 Å². The van der Waals surface area contributed by atoms with Gasteiger partial charge in [-0.2, -0.15) is 0 Å². The number of aryl methyl sites for hydroxylation is 2. The van der Waals surface area contributed by atoms with Crippen LogP contribution in [0.25, 0.3) is 10.8 Å². The molecule has 0 spiro atoms. The average Bonchev–Trinajstić information content (AvgIpc) is 3.23. The monoisotopic (exact) mass is 338 g/mol. The molecule has 1 aliphatic rings. The van der Waals surface area contributed by atoms with Gasteiger partial charge in [-0.05, 0) is 51.0 Å². The molecule has 1 amide bonds. The quantitative estimate of drug-likeness (QED) is 0.685. The number of hydrogen-bond donors (Lipinski definition) is 0. The third-order valence-corrected chi connectivity index (χ3v) is 5.53. The van der Waals surface area contributed by atoms with Crippen LogP contribution in [-0.2, 0) is 6.42 Å². The van der Waals surface area contributed by atoms with Crippen molar-refractivity contribution in [2.45, 2.75) is 33.2 Å². The number of hydrogen-bond acceptors (Lipinski definition) is 4. The third kappa shape index (κ3) is 2.36. The number of benzene rings is 1. The molecule has 0 saturated carbocycles. The van der Waals surface area contributed by atoms with Crippen LogP contribution in [0.1, 0.15) is 33.6 Å². The number of para-hydroxylation sites is 1. The van der Waals surface area contributed by atoms with Crippen molar-refractivity contribution in [1.82, 2.24) is 4.98 Å². The van der Waals surface area contributed by atoms with Crippen LogP contribution in [0.2, 0.25) is 0 Å². The lowest BCUT2D eigenvalue weighted by Gasteiger charge is -2.22. The fraction of sp³-hybridized carbons (Fsp3) is 0.263. The number of anilines is 1. The van der Waals surface area contributed by atoms with Crippen molar-refractivity contribution in [2.24, 2.45) is 0 Å². The number of aromatic nitrogens is 1. The van der Waals surface area contributed by atoms with E-state index in [1.54, 1.807) is 0 Å². The highest BCUT2D eigenvalue weighted by atomic mass is 32.1. The summed E-state index contributed by atoms with van der Waals surface area (Å²) in [7, 11) is 0. The van der Waals surface area contributed by atoms with Gasteiger partial charge >= 0.3 is 0 Å². The van der Waals surface area contributed by atoms with Crippen LogP contribution in [-0.4, -0.2) is 16.9 Å². The summed E-state index contributed by atoms with van der Waals surface area (Å²) in [4.78, 5) is 20.3. The topological polar surface area (TPSA) is 46.3 Å². The molecule has 122 valence electrons. The maximum atomic E-state index is 13.2. The summed E-state index contributed by atoms with van der Waals surface area (Å²) in [6, 6.07) is 12.1. The second kappa shape index (κ2) is 5.60. The molecule has 1 atom stereocenters. The molecule has 0 fully saturated rings. The van der Waals surface area contributed by atoms with Gasteiger partial charge in [0.25, 0.3) is 5.91 Å². The van der Waals surface area contributed by atoms with Crippen LogP contribution >= 0.6 is 11.3 Å². The molecule has 1 aromatic carbocycles. The van der Waals surface area contributed by atoms with E-state index < -0.39 is 0 Å². The molecule has 0 radical (unpaired) electrons. The van der Waals surface area contributed by atoms with E-state index in [1.807, 2.05) is 49.1 Å². The summed E-state index contributed by atoms with van der Waals surface area (Å²) in [6.45, 7) is 5.87. The molecule has 24 heavy (non-hydrogen) atoms. The zero-order valence-corrected chi connectivity index (χ0v) is 14.7. The first-order chi connectivity index (χ1) is 11.5. The smallest absolute Gasteiger partial charge is 0.270 e. The number of furan rings is 1. The van der Waals surface area contributed by atoms with Gasteiger partial charge in [0.2, 0.25) is 0 Å². The standard InChI is InChI=1S/C19H18N2O2S/c1-11-10-14-6-4-5-7-15(14)21(11)19(22)17-13(3)20-18(24-17)16-9-8-12(2)23-16/h4-9,11H,10H2,1-3H3. The molecule has 3 heterocycles. The fourth-order valence-electron chi connectivity index (χ4n) is 3.23. The summed E-state index contributed by atoms with van der Waals surface area (Å²) < 4.78 is 5.64. The van der Waals surface area contributed by atoms with E-state index in [0.717, 1.165) is 34.3 Å². The summed E-state index contributed by atoms with van der Waals surface area (Å²) >= 11 is 1.40. The summed E-state index contributed by atoms with van der Waals surface area (Å²) in [5.41, 5.74) is 2.99. The van der Waals surface area contributed by atoms with Gasteiger partial charge in [-0.15, -0.1) is 11.3 Å². The Morgan fingerprint density at radius 3 is 2.79 bits per heavy atom. The Bertz CT molecular complexity index is 925. The van der Waals surface area contributed by atoms with Crippen molar-refractivity contribution in [2.75, 3.05) is 4.90 Å². The van der Waals surface area contributed by atoms with Crippen LogP contribution in [0.3, 0.4) is 0 Å². The van der Waals surface area contributed by atoms with Gasteiger partial charge in [0.15, 0.2) is 10.8 Å². The predicted molar refractivity (Wildman–Crippen MR) is 95.7 cm³/mol. The van der Waals surface area contributed by atoms with E-state index in [4.69, 9.17) is 4.42 Å². The Hall–Kier alpha value is -2.40. The van der Waals surface area contributed by atoms with Crippen LogP contribution in [0.15, 0.2) is 40.8 Å². The lowest BCUT2D eigenvalue weighted by atomic mass is 10.1. The molecular formula is C19H18N2O2S. The number of nitrogens with zero attached hydrogens (tertiary/aromatic N) is 2. The molecule has 1 unspecified atom stereocenters. The minimum Gasteiger partial charge on any atom is -0.459 e. The first-order valence-electron chi connectivity index (χ1n) is 8.00. The number of carbonyl (C=O) groups excluding carboxylic acids is 1. The third-order valence-electron chi connectivity index (χ3n) is 4.37. The molecule has 1 aliphatic heterocycles. The van der Waals surface area contributed by atoms with Crippen LogP contribution in [0.4, 0.5) is 5.69 Å². The largest absolute Gasteiger partial charge is 0.459 e. The summed E-state index contributed by atoms with van der Waals surface area (Å²) in [6.07, 6.45) is 0.893. The van der Waals surface area contributed by atoms with E-state index in [0.29, 0.717) is 4.88 Å². The van der Waals surface area contributed by atoms with Gasteiger partial charge in [0, 0.05) is 11.7 Å². The fourth-order valence-corrected chi connectivity index (χ4v) is 4.20. The molecule has 5 heteroatoms. The van der Waals surface area contributed by atoms with Crippen LogP contribution in [0, 0.1) is 13.8 Å². The Kier molecular flexibility index (Phi) is 3.53. The molecule has 4 rings (SSSR count). The Morgan fingerprint density at radius 2 is 2.04 bits per heavy atom. The van der Waals surface area contributed by atoms with Gasteiger partial charge in [-0.3, -0.25) is 4.79 Å². The van der Waals surface area contributed by atoms with E-state index in [1.165, 1.54) is 16.9 Å². The van der Waals surface area contributed by atoms with Gasteiger partial charge in [-0.1, -0.05) is 18.2 Å². The van der Waals surface area contributed by atoms with Crippen molar-refractivity contribution in [1.29, 1.82) is 0 Å². The minimum atomic E-state index is 0.0250. The highest BCUT2D eigenvalue weighted by molar-refractivity contribution is 7.17. The number of thiazole rings is 1. The highest BCUT2D eigenvalue weighted by Gasteiger charge is 2.33. The van der Waals surface area contributed by atoms with Crippen LogP contribution in [0.5, 0.6) is 0 Å².